The van der Waals surface area contributed by atoms with E-state index in [9.17, 15) is 4.39 Å². The maximum Gasteiger partial charge on any atom is 0.110 e. The molecule has 0 amide bonds. The molecule has 0 spiro atoms. The maximum atomic E-state index is 14.4. The molecule has 1 aromatic carbocycles. The maximum absolute atomic E-state index is 14.4. The van der Waals surface area contributed by atoms with Gasteiger partial charge in [-0.1, -0.05) is 18.2 Å². The molecule has 1 fully saturated rings. The normalized spacial score (nSPS) is 21.7. The van der Waals surface area contributed by atoms with Crippen LogP contribution in [0.2, 0.25) is 0 Å². The third-order valence-electron chi connectivity index (χ3n) is 4.07. The Hall–Kier alpha value is -1.42. The van der Waals surface area contributed by atoms with Crippen molar-refractivity contribution in [2.45, 2.75) is 25.4 Å². The zero-order valence-electron chi connectivity index (χ0n) is 11.3. The molecular formula is C15H20FN3. The van der Waals surface area contributed by atoms with Gasteiger partial charge in [-0.2, -0.15) is 5.10 Å². The minimum atomic E-state index is -0.800. The highest BCUT2D eigenvalue weighted by atomic mass is 19.1. The topological polar surface area (TPSA) is 29.9 Å². The molecule has 2 heterocycles. The SMILES string of the molecule is Cn1nc(CC(F)C2CCCNC2)c2ccccc21. The van der Waals surface area contributed by atoms with Gasteiger partial charge in [0.1, 0.15) is 6.17 Å². The van der Waals surface area contributed by atoms with Crippen molar-refractivity contribution in [1.82, 2.24) is 15.1 Å². The van der Waals surface area contributed by atoms with Crippen LogP contribution in [0, 0.1) is 5.92 Å². The van der Waals surface area contributed by atoms with Gasteiger partial charge >= 0.3 is 0 Å². The van der Waals surface area contributed by atoms with Crippen LogP contribution in [-0.4, -0.2) is 29.0 Å². The lowest BCUT2D eigenvalue weighted by Crippen LogP contribution is -2.35. The van der Waals surface area contributed by atoms with E-state index in [1.54, 1.807) is 0 Å². The Morgan fingerprint density at radius 3 is 3.11 bits per heavy atom. The Balaban J connectivity index is 1.81. The average Bonchev–Trinajstić information content (AvgIpc) is 2.77. The molecular weight excluding hydrogens is 241 g/mol. The van der Waals surface area contributed by atoms with Crippen molar-refractivity contribution in [3.05, 3.63) is 30.0 Å². The molecule has 2 unspecified atom stereocenters. The summed E-state index contributed by atoms with van der Waals surface area (Å²) in [5.41, 5.74) is 1.96. The molecule has 0 radical (unpaired) electrons. The van der Waals surface area contributed by atoms with Crippen LogP contribution in [0.3, 0.4) is 0 Å². The predicted molar refractivity (Wildman–Crippen MR) is 74.9 cm³/mol. The summed E-state index contributed by atoms with van der Waals surface area (Å²) in [5.74, 6) is 0.134. The molecule has 2 aromatic rings. The van der Waals surface area contributed by atoms with Gasteiger partial charge in [0, 0.05) is 31.3 Å². The Morgan fingerprint density at radius 1 is 1.47 bits per heavy atom. The fourth-order valence-corrected chi connectivity index (χ4v) is 2.98. The van der Waals surface area contributed by atoms with Crippen LogP contribution in [0.4, 0.5) is 4.39 Å². The quantitative estimate of drug-likeness (QED) is 0.919. The summed E-state index contributed by atoms with van der Waals surface area (Å²) < 4.78 is 16.3. The van der Waals surface area contributed by atoms with Crippen molar-refractivity contribution in [3.63, 3.8) is 0 Å². The number of alkyl halides is 1. The molecule has 1 N–H and O–H groups in total. The van der Waals surface area contributed by atoms with Crippen molar-refractivity contribution in [2.24, 2.45) is 13.0 Å². The van der Waals surface area contributed by atoms with E-state index in [1.807, 2.05) is 36.0 Å². The molecule has 0 saturated carbocycles. The fraction of sp³-hybridized carbons (Fsp3) is 0.533. The first kappa shape index (κ1) is 12.6. The molecule has 1 aliphatic rings. The van der Waals surface area contributed by atoms with Gasteiger partial charge in [-0.25, -0.2) is 4.39 Å². The highest BCUT2D eigenvalue weighted by Crippen LogP contribution is 2.24. The third kappa shape index (κ3) is 2.50. The Labute approximate surface area is 112 Å². The molecule has 3 rings (SSSR count). The monoisotopic (exact) mass is 261 g/mol. The smallest absolute Gasteiger partial charge is 0.110 e. The van der Waals surface area contributed by atoms with E-state index in [2.05, 4.69) is 10.4 Å². The molecule has 102 valence electrons. The van der Waals surface area contributed by atoms with E-state index in [1.165, 1.54) is 0 Å². The number of piperidine rings is 1. The van der Waals surface area contributed by atoms with Gasteiger partial charge in [-0.05, 0) is 25.5 Å². The number of halogens is 1. The summed E-state index contributed by atoms with van der Waals surface area (Å²) in [7, 11) is 1.92. The summed E-state index contributed by atoms with van der Waals surface area (Å²) >= 11 is 0. The van der Waals surface area contributed by atoms with E-state index in [0.717, 1.165) is 42.5 Å². The summed E-state index contributed by atoms with van der Waals surface area (Å²) in [6, 6.07) is 8.04. The molecule has 1 aromatic heterocycles. The van der Waals surface area contributed by atoms with E-state index in [-0.39, 0.29) is 5.92 Å². The van der Waals surface area contributed by atoms with Gasteiger partial charge in [0.15, 0.2) is 0 Å². The lowest BCUT2D eigenvalue weighted by molar-refractivity contribution is 0.190. The number of para-hydroxylation sites is 1. The second-order valence-electron chi connectivity index (χ2n) is 5.41. The molecule has 2 atom stereocenters. The first-order chi connectivity index (χ1) is 9.25. The summed E-state index contributed by atoms with van der Waals surface area (Å²) in [5, 5.41) is 8.84. The number of rotatable bonds is 3. The fourth-order valence-electron chi connectivity index (χ4n) is 2.98. The van der Waals surface area contributed by atoms with E-state index < -0.39 is 6.17 Å². The predicted octanol–water partition coefficient (Wildman–Crippen LogP) is 2.45. The van der Waals surface area contributed by atoms with Crippen LogP contribution < -0.4 is 5.32 Å². The lowest BCUT2D eigenvalue weighted by Gasteiger charge is -2.25. The number of hydrogen-bond acceptors (Lipinski definition) is 2. The Kier molecular flexibility index (Phi) is 3.51. The van der Waals surface area contributed by atoms with Crippen LogP contribution in [0.5, 0.6) is 0 Å². The summed E-state index contributed by atoms with van der Waals surface area (Å²) in [6.07, 6.45) is 1.69. The van der Waals surface area contributed by atoms with Gasteiger partial charge in [-0.15, -0.1) is 0 Å². The first-order valence-corrected chi connectivity index (χ1v) is 7.01. The van der Waals surface area contributed by atoms with Crippen LogP contribution in [0.25, 0.3) is 10.9 Å². The van der Waals surface area contributed by atoms with Gasteiger partial charge < -0.3 is 5.32 Å². The molecule has 19 heavy (non-hydrogen) atoms. The largest absolute Gasteiger partial charge is 0.316 e. The second-order valence-corrected chi connectivity index (χ2v) is 5.41. The summed E-state index contributed by atoms with van der Waals surface area (Å²) in [4.78, 5) is 0. The van der Waals surface area contributed by atoms with Crippen LogP contribution >= 0.6 is 0 Å². The number of nitrogens with one attached hydrogen (secondary N) is 1. The Bertz CT molecular complexity index is 558. The third-order valence-corrected chi connectivity index (χ3v) is 4.07. The van der Waals surface area contributed by atoms with Gasteiger partial charge in [0.05, 0.1) is 11.2 Å². The number of nitrogens with zero attached hydrogens (tertiary/aromatic N) is 2. The first-order valence-electron chi connectivity index (χ1n) is 7.01. The number of benzene rings is 1. The molecule has 0 aliphatic carbocycles. The van der Waals surface area contributed by atoms with Crippen molar-refractivity contribution in [2.75, 3.05) is 13.1 Å². The van der Waals surface area contributed by atoms with Crippen LogP contribution in [-0.2, 0) is 13.5 Å². The van der Waals surface area contributed by atoms with Gasteiger partial charge in [-0.3, -0.25) is 4.68 Å². The zero-order chi connectivity index (χ0) is 13.2. The van der Waals surface area contributed by atoms with Crippen LogP contribution in [0.15, 0.2) is 24.3 Å². The number of hydrogen-bond donors (Lipinski definition) is 1. The minimum absolute atomic E-state index is 0.134. The number of aromatic nitrogens is 2. The van der Waals surface area contributed by atoms with E-state index in [4.69, 9.17) is 0 Å². The molecule has 1 saturated heterocycles. The lowest BCUT2D eigenvalue weighted by atomic mass is 9.92. The van der Waals surface area contributed by atoms with Gasteiger partial charge in [0.25, 0.3) is 0 Å². The highest BCUT2D eigenvalue weighted by Gasteiger charge is 2.25. The van der Waals surface area contributed by atoms with Crippen molar-refractivity contribution in [1.29, 1.82) is 0 Å². The van der Waals surface area contributed by atoms with Crippen LogP contribution in [0.1, 0.15) is 18.5 Å². The van der Waals surface area contributed by atoms with Crippen molar-refractivity contribution in [3.8, 4) is 0 Å². The van der Waals surface area contributed by atoms with E-state index >= 15 is 0 Å². The van der Waals surface area contributed by atoms with Crippen molar-refractivity contribution >= 4 is 10.9 Å². The molecule has 0 bridgehead atoms. The van der Waals surface area contributed by atoms with E-state index in [0.29, 0.717) is 6.42 Å². The molecule has 3 nitrogen and oxygen atoms in total. The second kappa shape index (κ2) is 5.29. The number of aryl methyl sites for hydroxylation is 1. The van der Waals surface area contributed by atoms with Gasteiger partial charge in [0.2, 0.25) is 0 Å². The molecule has 1 aliphatic heterocycles. The highest BCUT2D eigenvalue weighted by molar-refractivity contribution is 5.81. The summed E-state index contributed by atoms with van der Waals surface area (Å²) in [6.45, 7) is 1.82. The molecule has 4 heteroatoms. The Morgan fingerprint density at radius 2 is 2.32 bits per heavy atom. The standard InChI is InChI=1S/C15H20FN3/c1-19-15-7-3-2-6-12(15)14(18-19)9-13(16)11-5-4-8-17-10-11/h2-3,6-7,11,13,17H,4-5,8-10H2,1H3. The average molecular weight is 261 g/mol. The minimum Gasteiger partial charge on any atom is -0.316 e. The van der Waals surface area contributed by atoms with Crippen molar-refractivity contribution < 1.29 is 4.39 Å². The number of fused-ring (bicyclic) bond motifs is 1. The zero-order valence-corrected chi connectivity index (χ0v) is 11.3.